The average molecular weight is 639 g/mol. The number of hydrogen-bond acceptors (Lipinski definition) is 3. The Hall–Kier alpha value is -4.42. The molecule has 45 heavy (non-hydrogen) atoms. The number of ether oxygens (including phenoxy) is 1. The lowest BCUT2D eigenvalue weighted by Gasteiger charge is -2.30. The second-order valence-electron chi connectivity index (χ2n) is 11.0. The Morgan fingerprint density at radius 1 is 0.889 bits per heavy atom. The summed E-state index contributed by atoms with van der Waals surface area (Å²) in [5, 5.41) is 4.98. The highest BCUT2D eigenvalue weighted by atomic mass is 19.4. The number of benzene rings is 3. The molecule has 0 heterocycles. The molecule has 2 aliphatic rings. The molecule has 2 N–H and O–H groups in total. The number of methoxy groups -OCH3 is 1. The summed E-state index contributed by atoms with van der Waals surface area (Å²) in [6.07, 6.45) is -8.92. The largest absolute Gasteiger partial charge is 0.496 e. The van der Waals surface area contributed by atoms with Gasteiger partial charge in [-0.15, -0.1) is 0 Å². The fraction of sp³-hybridized carbons (Fsp3) is 0.312. The van der Waals surface area contributed by atoms with Crippen LogP contribution in [0.15, 0.2) is 72.3 Å². The van der Waals surface area contributed by atoms with E-state index in [1.807, 2.05) is 0 Å². The Morgan fingerprint density at radius 3 is 2.20 bits per heavy atom. The number of alkyl halides is 6. The van der Waals surface area contributed by atoms with Gasteiger partial charge in [-0.05, 0) is 78.8 Å². The number of nitrogens with one attached hydrogen (secondary N) is 2. The highest BCUT2D eigenvalue weighted by Crippen LogP contribution is 2.54. The van der Waals surface area contributed by atoms with E-state index in [-0.39, 0.29) is 35.8 Å². The normalized spacial score (nSPS) is 22.0. The zero-order valence-corrected chi connectivity index (χ0v) is 23.5. The lowest BCUT2D eigenvalue weighted by Crippen LogP contribution is -2.48. The van der Waals surface area contributed by atoms with Crippen LogP contribution in [0.1, 0.15) is 39.9 Å². The van der Waals surface area contributed by atoms with Crippen molar-refractivity contribution < 1.29 is 49.4 Å². The fourth-order valence-electron chi connectivity index (χ4n) is 6.34. The minimum Gasteiger partial charge on any atom is -0.496 e. The number of carbonyl (C=O) groups excluding carboxylic acids is 2. The van der Waals surface area contributed by atoms with Crippen LogP contribution in [-0.4, -0.2) is 31.1 Å². The maximum absolute atomic E-state index is 13.8. The summed E-state index contributed by atoms with van der Waals surface area (Å²) in [4.78, 5) is 27.1. The molecular weight excluding hydrogens is 612 g/mol. The van der Waals surface area contributed by atoms with Crippen molar-refractivity contribution in [1.82, 2.24) is 5.32 Å². The minimum atomic E-state index is -5.05. The topological polar surface area (TPSA) is 67.4 Å². The molecular formula is C32H26F8N2O3. The quantitative estimate of drug-likeness (QED) is 0.209. The van der Waals surface area contributed by atoms with Gasteiger partial charge in [0.25, 0.3) is 5.91 Å². The van der Waals surface area contributed by atoms with E-state index < -0.39 is 70.8 Å². The van der Waals surface area contributed by atoms with E-state index in [1.165, 1.54) is 31.4 Å². The predicted molar refractivity (Wildman–Crippen MR) is 147 cm³/mol. The van der Waals surface area contributed by atoms with Gasteiger partial charge in [-0.1, -0.05) is 23.8 Å². The van der Waals surface area contributed by atoms with E-state index in [0.29, 0.717) is 24.1 Å². The van der Waals surface area contributed by atoms with Crippen LogP contribution in [0, 0.1) is 29.4 Å². The van der Waals surface area contributed by atoms with E-state index in [4.69, 9.17) is 4.74 Å². The lowest BCUT2D eigenvalue weighted by atomic mass is 9.83. The molecule has 2 amide bonds. The van der Waals surface area contributed by atoms with E-state index in [0.717, 1.165) is 11.6 Å². The third kappa shape index (κ3) is 6.97. The van der Waals surface area contributed by atoms with Gasteiger partial charge in [0.05, 0.1) is 24.2 Å². The first-order valence-electron chi connectivity index (χ1n) is 13.8. The first-order valence-corrected chi connectivity index (χ1v) is 13.8. The fourth-order valence-corrected chi connectivity index (χ4v) is 6.34. The van der Waals surface area contributed by atoms with Gasteiger partial charge in [-0.25, -0.2) is 8.78 Å². The second-order valence-corrected chi connectivity index (χ2v) is 11.0. The van der Waals surface area contributed by atoms with Gasteiger partial charge in [0.1, 0.15) is 17.4 Å². The molecule has 3 aromatic carbocycles. The molecule has 13 heteroatoms. The van der Waals surface area contributed by atoms with Crippen LogP contribution in [0.25, 0.3) is 0 Å². The van der Waals surface area contributed by atoms with E-state index in [9.17, 15) is 44.7 Å². The number of halogens is 8. The third-order valence-corrected chi connectivity index (χ3v) is 8.20. The molecule has 0 radical (unpaired) electrons. The SMILES string of the molecule is COc1ccc(Cc2ccc(F)cc2)cc1C(=O)N[C@H]1[C@@H](C(=O)Nc2ccc(F)c(C(F)(F)F)c2)[C@H]2CC[C@@H]1/C2=C\C(F)(F)F. The summed E-state index contributed by atoms with van der Waals surface area (Å²) in [5.74, 6) is -6.58. The standard InChI is InChI=1S/C32H26F8N2O3/c1-45-26-11-4-17(12-16-2-5-18(33)6-3-16)13-22(26)29(43)42-28-21-9-8-20(23(21)15-31(35,36)37)27(28)30(44)41-19-7-10-25(34)24(14-19)32(38,39)40/h2-7,10-11,13-15,20-21,27-28H,8-9,12H2,1H3,(H,41,44)(H,42,43)/b23-15-/t20-,21+,27-,28+/m0/s1. The van der Waals surface area contributed by atoms with Crippen LogP contribution in [0.2, 0.25) is 0 Å². The maximum atomic E-state index is 13.8. The molecule has 0 aromatic heterocycles. The van der Waals surface area contributed by atoms with Crippen LogP contribution in [0.4, 0.5) is 40.8 Å². The molecule has 0 aliphatic heterocycles. The van der Waals surface area contributed by atoms with Crippen molar-refractivity contribution in [2.45, 2.75) is 37.7 Å². The maximum Gasteiger partial charge on any atom is 0.419 e. The summed E-state index contributed by atoms with van der Waals surface area (Å²) in [7, 11) is 1.32. The molecule has 2 aliphatic carbocycles. The van der Waals surface area contributed by atoms with Gasteiger partial charge in [0.15, 0.2) is 0 Å². The smallest absolute Gasteiger partial charge is 0.419 e. The highest BCUT2D eigenvalue weighted by Gasteiger charge is 2.55. The molecule has 2 bridgehead atoms. The number of carbonyl (C=O) groups is 2. The summed E-state index contributed by atoms with van der Waals surface area (Å²) >= 11 is 0. The summed E-state index contributed by atoms with van der Waals surface area (Å²) < 4.78 is 113. The van der Waals surface area contributed by atoms with Crippen LogP contribution in [-0.2, 0) is 17.4 Å². The Balaban J connectivity index is 1.45. The van der Waals surface area contributed by atoms with Crippen LogP contribution in [0.5, 0.6) is 5.75 Å². The molecule has 0 unspecified atom stereocenters. The van der Waals surface area contributed by atoms with Crippen LogP contribution >= 0.6 is 0 Å². The van der Waals surface area contributed by atoms with Gasteiger partial charge in [-0.2, -0.15) is 26.3 Å². The molecule has 3 aromatic rings. The molecule has 5 rings (SSSR count). The van der Waals surface area contributed by atoms with Gasteiger partial charge < -0.3 is 15.4 Å². The zero-order valence-electron chi connectivity index (χ0n) is 23.5. The van der Waals surface area contributed by atoms with Crippen molar-refractivity contribution in [2.24, 2.45) is 17.8 Å². The average Bonchev–Trinajstić information content (AvgIpc) is 3.47. The molecule has 2 fully saturated rings. The number of rotatable bonds is 7. The number of anilines is 1. The predicted octanol–water partition coefficient (Wildman–Crippen LogP) is 7.46. The van der Waals surface area contributed by atoms with Crippen molar-refractivity contribution in [1.29, 1.82) is 0 Å². The Kier molecular flexibility index (Phi) is 8.65. The summed E-state index contributed by atoms with van der Waals surface area (Å²) in [6, 6.07) is 11.2. The molecule has 5 nitrogen and oxygen atoms in total. The van der Waals surface area contributed by atoms with Crippen molar-refractivity contribution >= 4 is 17.5 Å². The van der Waals surface area contributed by atoms with Crippen molar-refractivity contribution in [3.05, 3.63) is 106 Å². The summed E-state index contributed by atoms with van der Waals surface area (Å²) in [5.41, 5.74) is -0.686. The number of hydrogen-bond donors (Lipinski definition) is 2. The third-order valence-electron chi connectivity index (χ3n) is 8.20. The first-order chi connectivity index (χ1) is 21.1. The van der Waals surface area contributed by atoms with Gasteiger partial charge in [0, 0.05) is 23.7 Å². The molecule has 238 valence electrons. The Bertz CT molecular complexity index is 1630. The Morgan fingerprint density at radius 2 is 1.56 bits per heavy atom. The van der Waals surface area contributed by atoms with E-state index >= 15 is 0 Å². The molecule has 2 saturated carbocycles. The van der Waals surface area contributed by atoms with Crippen molar-refractivity contribution in [3.8, 4) is 5.75 Å². The minimum absolute atomic E-state index is 0.0359. The summed E-state index contributed by atoms with van der Waals surface area (Å²) in [6.45, 7) is 0. The monoisotopic (exact) mass is 638 g/mol. The van der Waals surface area contributed by atoms with Gasteiger partial charge >= 0.3 is 12.4 Å². The van der Waals surface area contributed by atoms with Crippen LogP contribution in [0.3, 0.4) is 0 Å². The van der Waals surface area contributed by atoms with Gasteiger partial charge in [-0.3, -0.25) is 9.59 Å². The van der Waals surface area contributed by atoms with Crippen molar-refractivity contribution in [3.63, 3.8) is 0 Å². The Labute approximate surface area is 252 Å². The molecule has 0 spiro atoms. The molecule has 4 atom stereocenters. The van der Waals surface area contributed by atoms with Gasteiger partial charge in [0.2, 0.25) is 5.91 Å². The number of allylic oxidation sites excluding steroid dienone is 1. The van der Waals surface area contributed by atoms with E-state index in [1.54, 1.807) is 18.2 Å². The number of amides is 2. The first kappa shape index (κ1) is 32.0. The van der Waals surface area contributed by atoms with E-state index in [2.05, 4.69) is 10.6 Å². The number of fused-ring (bicyclic) bond motifs is 2. The second kappa shape index (κ2) is 12.2. The zero-order chi connectivity index (χ0) is 32.7. The lowest BCUT2D eigenvalue weighted by molar-refractivity contribution is -0.140. The highest BCUT2D eigenvalue weighted by molar-refractivity contribution is 5.99. The van der Waals surface area contributed by atoms with Crippen molar-refractivity contribution in [2.75, 3.05) is 12.4 Å². The molecule has 0 saturated heterocycles. The van der Waals surface area contributed by atoms with Crippen LogP contribution < -0.4 is 15.4 Å².